The topological polar surface area (TPSA) is 59.1 Å². The zero-order valence-corrected chi connectivity index (χ0v) is 25.0. The third-order valence-corrected chi connectivity index (χ3v) is 8.42. The molecule has 2 fully saturated rings. The van der Waals surface area contributed by atoms with Crippen LogP contribution in [0.15, 0.2) is 78.9 Å². The van der Waals surface area contributed by atoms with E-state index in [1.165, 1.54) is 10.5 Å². The third kappa shape index (κ3) is 7.64. The highest BCUT2D eigenvalue weighted by Gasteiger charge is 2.43. The minimum Gasteiger partial charge on any atom is -0.336 e. The van der Waals surface area contributed by atoms with Gasteiger partial charge in [-0.05, 0) is 79.3 Å². The number of thiocarbonyl (C=S) groups is 1. The molecular formula is C31H33Cl2N5O2S. The van der Waals surface area contributed by atoms with Crippen molar-refractivity contribution in [2.45, 2.75) is 25.4 Å². The fourth-order valence-corrected chi connectivity index (χ4v) is 5.98. The first-order chi connectivity index (χ1) is 19.9. The lowest BCUT2D eigenvalue weighted by atomic mass is 10.1. The van der Waals surface area contributed by atoms with Crippen LogP contribution in [0.2, 0.25) is 10.0 Å². The summed E-state index contributed by atoms with van der Waals surface area (Å²) in [4.78, 5) is 35.0. The first-order valence-electron chi connectivity index (χ1n) is 13.8. The highest BCUT2D eigenvalue weighted by Crippen LogP contribution is 2.29. The first-order valence-corrected chi connectivity index (χ1v) is 15.0. The normalized spacial score (nSPS) is 18.2. The molecule has 0 aliphatic carbocycles. The number of hydrogen-bond donors (Lipinski definition) is 1. The highest BCUT2D eigenvalue weighted by atomic mass is 35.5. The number of rotatable bonds is 10. The van der Waals surface area contributed by atoms with Gasteiger partial charge in [0.25, 0.3) is 5.91 Å². The molecule has 2 heterocycles. The lowest BCUT2D eigenvalue weighted by Crippen LogP contribution is -2.47. The predicted molar refractivity (Wildman–Crippen MR) is 170 cm³/mol. The van der Waals surface area contributed by atoms with Gasteiger partial charge in [0.2, 0.25) is 5.91 Å². The Bertz CT molecular complexity index is 1350. The van der Waals surface area contributed by atoms with Crippen LogP contribution < -0.4 is 10.2 Å². The van der Waals surface area contributed by atoms with Gasteiger partial charge in [-0.1, -0.05) is 53.5 Å². The molecule has 2 aliphatic heterocycles. The summed E-state index contributed by atoms with van der Waals surface area (Å²) >= 11 is 17.9. The van der Waals surface area contributed by atoms with Crippen molar-refractivity contribution >= 4 is 63.7 Å². The largest absolute Gasteiger partial charge is 0.336 e. The maximum Gasteiger partial charge on any atom is 0.256 e. The van der Waals surface area contributed by atoms with Crippen molar-refractivity contribution in [3.63, 3.8) is 0 Å². The summed E-state index contributed by atoms with van der Waals surface area (Å²) in [6, 6.07) is 23.8. The quantitative estimate of drug-likeness (QED) is 0.305. The Morgan fingerprint density at radius 1 is 0.829 bits per heavy atom. The Morgan fingerprint density at radius 3 is 2.10 bits per heavy atom. The van der Waals surface area contributed by atoms with E-state index in [1.54, 1.807) is 48.5 Å². The van der Waals surface area contributed by atoms with Gasteiger partial charge in [0, 0.05) is 55.0 Å². The molecule has 41 heavy (non-hydrogen) atoms. The fourth-order valence-electron chi connectivity index (χ4n) is 5.31. The van der Waals surface area contributed by atoms with Gasteiger partial charge in [0.1, 0.15) is 6.04 Å². The molecule has 3 aromatic rings. The molecule has 10 heteroatoms. The number of halogens is 2. The zero-order valence-electron chi connectivity index (χ0n) is 22.7. The molecule has 2 saturated heterocycles. The standard InChI is InChI=1S/C31H33Cl2N5O2S/c32-24-7-11-26(12-8-24)34-29(39)21-28-30(40)38(27-13-9-25(33)10-14-27)31(41)37(28)16-4-15-35-17-19-36(20-18-35)22-23-5-2-1-3-6-23/h1-3,5-14,28H,4,15-22H2,(H,34,39). The van der Waals surface area contributed by atoms with Crippen molar-refractivity contribution in [1.82, 2.24) is 14.7 Å². The summed E-state index contributed by atoms with van der Waals surface area (Å²) in [5.74, 6) is -0.468. The smallest absolute Gasteiger partial charge is 0.256 e. The lowest BCUT2D eigenvalue weighted by Gasteiger charge is -2.35. The summed E-state index contributed by atoms with van der Waals surface area (Å²) < 4.78 is 0. The number of hydrogen-bond acceptors (Lipinski definition) is 5. The van der Waals surface area contributed by atoms with Crippen LogP contribution in [-0.4, -0.2) is 76.9 Å². The SMILES string of the molecule is O=C(CC1C(=O)N(c2ccc(Cl)cc2)C(=S)N1CCCN1CCN(Cc2ccccc2)CC1)Nc1ccc(Cl)cc1. The molecule has 0 aromatic heterocycles. The van der Waals surface area contributed by atoms with Crippen molar-refractivity contribution < 1.29 is 9.59 Å². The lowest BCUT2D eigenvalue weighted by molar-refractivity contribution is -0.124. The Labute approximate surface area is 256 Å². The van der Waals surface area contributed by atoms with Crippen LogP contribution in [0, 0.1) is 0 Å². The molecule has 214 valence electrons. The molecule has 0 radical (unpaired) electrons. The van der Waals surface area contributed by atoms with E-state index in [0.717, 1.165) is 45.7 Å². The van der Waals surface area contributed by atoms with Crippen LogP contribution in [0.25, 0.3) is 0 Å². The monoisotopic (exact) mass is 609 g/mol. The second-order valence-electron chi connectivity index (χ2n) is 10.4. The van der Waals surface area contributed by atoms with E-state index in [-0.39, 0.29) is 18.2 Å². The van der Waals surface area contributed by atoms with Gasteiger partial charge >= 0.3 is 0 Å². The third-order valence-electron chi connectivity index (χ3n) is 7.50. The van der Waals surface area contributed by atoms with Crippen molar-refractivity contribution in [3.8, 4) is 0 Å². The molecule has 3 aromatic carbocycles. The fraction of sp³-hybridized carbons (Fsp3) is 0.323. The van der Waals surface area contributed by atoms with E-state index >= 15 is 0 Å². The molecule has 0 bridgehead atoms. The molecule has 2 amide bonds. The second-order valence-corrected chi connectivity index (χ2v) is 11.6. The second kappa shape index (κ2) is 13.8. The van der Waals surface area contributed by atoms with Gasteiger partial charge in [-0.2, -0.15) is 0 Å². The molecular weight excluding hydrogens is 577 g/mol. The van der Waals surface area contributed by atoms with Crippen LogP contribution >= 0.6 is 35.4 Å². The van der Waals surface area contributed by atoms with Crippen LogP contribution in [0.4, 0.5) is 11.4 Å². The maximum absolute atomic E-state index is 13.6. The number of carbonyl (C=O) groups is 2. The predicted octanol–water partition coefficient (Wildman–Crippen LogP) is 5.53. The summed E-state index contributed by atoms with van der Waals surface area (Å²) in [6.07, 6.45) is 0.819. The Balaban J connectivity index is 1.20. The molecule has 0 saturated carbocycles. The molecule has 1 atom stereocenters. The maximum atomic E-state index is 13.6. The molecule has 2 aliphatic rings. The van der Waals surface area contributed by atoms with Gasteiger partial charge in [0.05, 0.1) is 12.1 Å². The molecule has 1 N–H and O–H groups in total. The van der Waals surface area contributed by atoms with Crippen molar-refractivity contribution in [3.05, 3.63) is 94.5 Å². The number of carbonyl (C=O) groups excluding carboxylic acids is 2. The molecule has 5 rings (SSSR count). The average Bonchev–Trinajstić information content (AvgIpc) is 3.20. The van der Waals surface area contributed by atoms with Crippen LogP contribution in [-0.2, 0) is 16.1 Å². The Kier molecular flexibility index (Phi) is 9.90. The van der Waals surface area contributed by atoms with E-state index in [9.17, 15) is 9.59 Å². The molecule has 0 spiro atoms. The number of amides is 2. The summed E-state index contributed by atoms with van der Waals surface area (Å²) in [6.45, 7) is 6.49. The minimum absolute atomic E-state index is 0.0101. The number of nitrogens with one attached hydrogen (secondary N) is 1. The van der Waals surface area contributed by atoms with Crippen LogP contribution in [0.3, 0.4) is 0 Å². The number of piperazine rings is 1. The zero-order chi connectivity index (χ0) is 28.8. The summed E-state index contributed by atoms with van der Waals surface area (Å²) in [5.41, 5.74) is 2.61. The Hall–Kier alpha value is -3.01. The first kappa shape index (κ1) is 29.5. The van der Waals surface area contributed by atoms with Gasteiger partial charge in [-0.25, -0.2) is 0 Å². The van der Waals surface area contributed by atoms with Gasteiger partial charge < -0.3 is 15.1 Å². The van der Waals surface area contributed by atoms with E-state index in [4.69, 9.17) is 35.4 Å². The van der Waals surface area contributed by atoms with Gasteiger partial charge in [-0.15, -0.1) is 0 Å². The van der Waals surface area contributed by atoms with Gasteiger partial charge in [-0.3, -0.25) is 19.4 Å². The Morgan fingerprint density at radius 2 is 1.44 bits per heavy atom. The average molecular weight is 611 g/mol. The van der Waals surface area contributed by atoms with Crippen LogP contribution in [0.5, 0.6) is 0 Å². The van der Waals surface area contributed by atoms with E-state index in [2.05, 4.69) is 39.4 Å². The van der Waals surface area contributed by atoms with Crippen molar-refractivity contribution in [1.29, 1.82) is 0 Å². The number of benzene rings is 3. The number of nitrogens with zero attached hydrogens (tertiary/aromatic N) is 4. The summed E-state index contributed by atoms with van der Waals surface area (Å²) in [5, 5.41) is 4.45. The highest BCUT2D eigenvalue weighted by molar-refractivity contribution is 7.80. The van der Waals surface area contributed by atoms with Crippen molar-refractivity contribution in [2.75, 3.05) is 49.5 Å². The molecule has 1 unspecified atom stereocenters. The van der Waals surface area contributed by atoms with E-state index < -0.39 is 6.04 Å². The van der Waals surface area contributed by atoms with Gasteiger partial charge in [0.15, 0.2) is 5.11 Å². The number of anilines is 2. The van der Waals surface area contributed by atoms with Crippen molar-refractivity contribution in [2.24, 2.45) is 0 Å². The minimum atomic E-state index is -0.687. The summed E-state index contributed by atoms with van der Waals surface area (Å²) in [7, 11) is 0. The van der Waals surface area contributed by atoms with Crippen LogP contribution in [0.1, 0.15) is 18.4 Å². The molecule has 7 nitrogen and oxygen atoms in total. The van der Waals surface area contributed by atoms with E-state index in [1.807, 2.05) is 11.0 Å². The van der Waals surface area contributed by atoms with E-state index in [0.29, 0.717) is 33.1 Å².